The van der Waals surface area contributed by atoms with Gasteiger partial charge >= 0.3 is 0 Å². The van der Waals surface area contributed by atoms with Crippen molar-refractivity contribution in [2.75, 3.05) is 32.7 Å². The third kappa shape index (κ3) is 7.62. The first-order chi connectivity index (χ1) is 16.9. The van der Waals surface area contributed by atoms with Gasteiger partial charge in [-0.25, -0.2) is 0 Å². The van der Waals surface area contributed by atoms with E-state index in [2.05, 4.69) is 59.2 Å². The van der Waals surface area contributed by atoms with Gasteiger partial charge in [-0.05, 0) is 103 Å². The highest BCUT2D eigenvalue weighted by molar-refractivity contribution is 5.81. The number of hydrogen-bond donors (Lipinski definition) is 5. The van der Waals surface area contributed by atoms with E-state index in [1.54, 1.807) is 0 Å². The topological polar surface area (TPSA) is 89.7 Å². The lowest BCUT2D eigenvalue weighted by molar-refractivity contribution is -0.133. The average Bonchev–Trinajstić information content (AvgIpc) is 3.34. The number of ether oxygens (including phenoxy) is 1. The second-order valence-electron chi connectivity index (χ2n) is 11.8. The van der Waals surface area contributed by atoms with Crippen molar-refractivity contribution in [3.63, 3.8) is 0 Å². The fraction of sp³-hybridized carbons (Fsp3) is 0.963. The number of hydrogen-bond acceptors (Lipinski definition) is 7. The number of piperidine rings is 1. The van der Waals surface area contributed by atoms with Gasteiger partial charge in [-0.15, -0.1) is 0 Å². The van der Waals surface area contributed by atoms with Crippen molar-refractivity contribution < 1.29 is 9.53 Å². The van der Waals surface area contributed by atoms with Crippen LogP contribution >= 0.6 is 0 Å². The van der Waals surface area contributed by atoms with Crippen LogP contribution in [0.5, 0.6) is 0 Å². The lowest BCUT2D eigenvalue weighted by Crippen LogP contribution is -2.66. The van der Waals surface area contributed by atoms with Crippen LogP contribution in [-0.2, 0) is 9.53 Å². The van der Waals surface area contributed by atoms with Crippen LogP contribution in [0.25, 0.3) is 0 Å². The molecule has 0 spiro atoms. The van der Waals surface area contributed by atoms with Gasteiger partial charge in [-0.3, -0.25) is 25.6 Å². The maximum absolute atomic E-state index is 13.0. The average molecular weight is 493 g/mol. The van der Waals surface area contributed by atoms with E-state index in [4.69, 9.17) is 4.74 Å². The van der Waals surface area contributed by atoms with E-state index in [0.29, 0.717) is 24.0 Å². The van der Waals surface area contributed by atoms with Gasteiger partial charge < -0.3 is 15.4 Å². The summed E-state index contributed by atoms with van der Waals surface area (Å²) in [5.41, 5.74) is 0. The third-order valence-electron chi connectivity index (χ3n) is 8.99. The first kappa shape index (κ1) is 27.3. The zero-order valence-corrected chi connectivity index (χ0v) is 22.7. The molecule has 3 heterocycles. The molecule has 5 N–H and O–H groups in total. The summed E-state index contributed by atoms with van der Waals surface area (Å²) in [6, 6.07) is 1.70. The van der Waals surface area contributed by atoms with E-state index in [0.717, 1.165) is 70.7 Å². The van der Waals surface area contributed by atoms with Gasteiger partial charge in [0.15, 0.2) is 0 Å². The molecule has 202 valence electrons. The quantitative estimate of drug-likeness (QED) is 0.335. The lowest BCUT2D eigenvalue weighted by Gasteiger charge is -2.42. The van der Waals surface area contributed by atoms with Gasteiger partial charge in [-0.1, -0.05) is 13.8 Å². The molecule has 0 aromatic rings. The van der Waals surface area contributed by atoms with Crippen LogP contribution in [0.3, 0.4) is 0 Å². The third-order valence-corrected chi connectivity index (χ3v) is 8.99. The summed E-state index contributed by atoms with van der Waals surface area (Å²) in [4.78, 5) is 15.5. The fourth-order valence-corrected chi connectivity index (χ4v) is 6.63. The Balaban J connectivity index is 1.22. The standard InChI is InChI=1S/C27H52N6O2/c1-5-33(18(2)3)17-22-10-11-25(35-22)26(34)30-21-9-8-19(4)24(15-21)32-27-29-14-12-23(31-27)20-7-6-13-28-16-20/h18-25,27-29,31-32H,5-17H2,1-4H3,(H,30,34). The van der Waals surface area contributed by atoms with E-state index in [1.165, 1.54) is 19.3 Å². The summed E-state index contributed by atoms with van der Waals surface area (Å²) >= 11 is 0. The second kappa shape index (κ2) is 13.2. The van der Waals surface area contributed by atoms with Gasteiger partial charge in [0.2, 0.25) is 5.91 Å². The van der Waals surface area contributed by atoms with Crippen LogP contribution < -0.4 is 26.6 Å². The molecule has 0 aromatic carbocycles. The number of nitrogens with one attached hydrogen (secondary N) is 5. The van der Waals surface area contributed by atoms with Gasteiger partial charge in [-0.2, -0.15) is 0 Å². The molecule has 1 amide bonds. The molecule has 8 nitrogen and oxygen atoms in total. The molecule has 4 aliphatic rings. The summed E-state index contributed by atoms with van der Waals surface area (Å²) < 4.78 is 6.19. The van der Waals surface area contributed by atoms with Crippen LogP contribution in [0.15, 0.2) is 0 Å². The number of carbonyl (C=O) groups is 1. The highest BCUT2D eigenvalue weighted by Gasteiger charge is 2.36. The monoisotopic (exact) mass is 492 g/mol. The Kier molecular flexibility index (Phi) is 10.2. The Morgan fingerprint density at radius 3 is 2.71 bits per heavy atom. The Morgan fingerprint density at radius 1 is 1.11 bits per heavy atom. The van der Waals surface area contributed by atoms with Gasteiger partial charge in [0.05, 0.1) is 6.10 Å². The van der Waals surface area contributed by atoms with Crippen molar-refractivity contribution in [2.24, 2.45) is 11.8 Å². The van der Waals surface area contributed by atoms with Crippen LogP contribution in [-0.4, -0.2) is 86.2 Å². The van der Waals surface area contributed by atoms with Gasteiger partial charge in [0, 0.05) is 30.7 Å². The second-order valence-corrected chi connectivity index (χ2v) is 11.8. The van der Waals surface area contributed by atoms with Crippen LogP contribution in [0, 0.1) is 11.8 Å². The molecule has 3 saturated heterocycles. The number of nitrogens with zero attached hydrogens (tertiary/aromatic N) is 1. The Labute approximate surface area is 213 Å². The van der Waals surface area contributed by atoms with E-state index < -0.39 is 0 Å². The molecule has 4 fully saturated rings. The zero-order valence-electron chi connectivity index (χ0n) is 22.7. The molecule has 0 bridgehead atoms. The molecule has 35 heavy (non-hydrogen) atoms. The van der Waals surface area contributed by atoms with Gasteiger partial charge in [0.1, 0.15) is 12.4 Å². The largest absolute Gasteiger partial charge is 0.364 e. The smallest absolute Gasteiger partial charge is 0.249 e. The van der Waals surface area contributed by atoms with Crippen LogP contribution in [0.1, 0.15) is 79.1 Å². The molecule has 0 aromatic heterocycles. The molecule has 8 unspecified atom stereocenters. The SMILES string of the molecule is CCN(CC1CCC(C(=O)NC2CCC(C)C(NC3NCCC(C4CCCNC4)N3)C2)O1)C(C)C. The predicted octanol–water partition coefficient (Wildman–Crippen LogP) is 1.76. The number of rotatable bonds is 9. The van der Waals surface area contributed by atoms with E-state index >= 15 is 0 Å². The molecule has 4 rings (SSSR count). The highest BCUT2D eigenvalue weighted by Crippen LogP contribution is 2.27. The Morgan fingerprint density at radius 2 is 1.97 bits per heavy atom. The van der Waals surface area contributed by atoms with Crippen molar-refractivity contribution in [1.29, 1.82) is 0 Å². The molecule has 1 aliphatic carbocycles. The minimum Gasteiger partial charge on any atom is -0.364 e. The number of carbonyl (C=O) groups excluding carboxylic acids is 1. The maximum Gasteiger partial charge on any atom is 0.249 e. The van der Waals surface area contributed by atoms with Gasteiger partial charge in [0.25, 0.3) is 0 Å². The van der Waals surface area contributed by atoms with E-state index in [-0.39, 0.29) is 30.4 Å². The summed E-state index contributed by atoms with van der Waals surface area (Å²) in [7, 11) is 0. The first-order valence-corrected chi connectivity index (χ1v) is 14.6. The fourth-order valence-electron chi connectivity index (χ4n) is 6.63. The molecule has 8 heteroatoms. The maximum atomic E-state index is 13.0. The minimum atomic E-state index is -0.289. The van der Waals surface area contributed by atoms with Crippen LogP contribution in [0.2, 0.25) is 0 Å². The van der Waals surface area contributed by atoms with Crippen LogP contribution in [0.4, 0.5) is 0 Å². The van der Waals surface area contributed by atoms with Crippen molar-refractivity contribution in [3.8, 4) is 0 Å². The number of likely N-dealkylation sites (N-methyl/N-ethyl adjacent to an activating group) is 1. The minimum absolute atomic E-state index is 0.0946. The van der Waals surface area contributed by atoms with E-state index in [9.17, 15) is 4.79 Å². The van der Waals surface area contributed by atoms with Crippen molar-refractivity contribution in [1.82, 2.24) is 31.5 Å². The molecular formula is C27H52N6O2. The molecule has 1 saturated carbocycles. The molecule has 0 radical (unpaired) electrons. The Bertz CT molecular complexity index is 658. The first-order valence-electron chi connectivity index (χ1n) is 14.6. The van der Waals surface area contributed by atoms with Crippen molar-refractivity contribution in [2.45, 2.75) is 122 Å². The number of amides is 1. The zero-order chi connectivity index (χ0) is 24.8. The highest BCUT2D eigenvalue weighted by atomic mass is 16.5. The van der Waals surface area contributed by atoms with E-state index in [1.807, 2.05) is 0 Å². The summed E-state index contributed by atoms with van der Waals surface area (Å²) in [6.45, 7) is 14.3. The predicted molar refractivity (Wildman–Crippen MR) is 141 cm³/mol. The van der Waals surface area contributed by atoms with Crippen molar-refractivity contribution >= 4 is 5.91 Å². The summed E-state index contributed by atoms with van der Waals surface area (Å²) in [5, 5.41) is 18.3. The summed E-state index contributed by atoms with van der Waals surface area (Å²) in [5.74, 6) is 1.43. The normalized spacial score (nSPS) is 38.7. The summed E-state index contributed by atoms with van der Waals surface area (Å²) in [6.07, 6.45) is 8.83. The molecule has 3 aliphatic heterocycles. The van der Waals surface area contributed by atoms with Crippen molar-refractivity contribution in [3.05, 3.63) is 0 Å². The lowest BCUT2D eigenvalue weighted by atomic mass is 9.82. The molecular weight excluding hydrogens is 440 g/mol. The molecule has 8 atom stereocenters. The Hall–Kier alpha value is -0.770.